The molecule has 4 nitrogen and oxygen atoms in total. The van der Waals surface area contributed by atoms with Crippen molar-refractivity contribution >= 4 is 28.9 Å². The Morgan fingerprint density at radius 1 is 1.21 bits per heavy atom. The Labute approximate surface area is 145 Å². The number of esters is 1. The van der Waals surface area contributed by atoms with E-state index >= 15 is 0 Å². The first kappa shape index (κ1) is 16.7. The minimum Gasteiger partial charge on any atom is -0.452 e. The Bertz CT molecular complexity index is 779. The van der Waals surface area contributed by atoms with E-state index < -0.39 is 5.97 Å². The van der Waals surface area contributed by atoms with Crippen LogP contribution in [0.3, 0.4) is 0 Å². The summed E-state index contributed by atoms with van der Waals surface area (Å²) in [7, 11) is 0. The van der Waals surface area contributed by atoms with E-state index in [4.69, 9.17) is 4.74 Å². The molecule has 0 radical (unpaired) electrons. The van der Waals surface area contributed by atoms with Crippen LogP contribution in [0.25, 0.3) is 0 Å². The highest BCUT2D eigenvalue weighted by molar-refractivity contribution is 7.10. The Morgan fingerprint density at radius 3 is 2.83 bits per heavy atom. The minimum atomic E-state index is -0.398. The number of ether oxygens (including phenoxy) is 1. The van der Waals surface area contributed by atoms with E-state index in [1.165, 1.54) is 11.3 Å². The van der Waals surface area contributed by atoms with Gasteiger partial charge in [0.2, 0.25) is 0 Å². The van der Waals surface area contributed by atoms with Crippen LogP contribution in [-0.2, 0) is 22.4 Å². The molecule has 5 heteroatoms. The molecule has 1 amide bonds. The van der Waals surface area contributed by atoms with Gasteiger partial charge in [0.05, 0.1) is 5.56 Å². The summed E-state index contributed by atoms with van der Waals surface area (Å²) in [6.07, 6.45) is 4.26. The molecule has 2 aromatic rings. The van der Waals surface area contributed by atoms with Crippen molar-refractivity contribution in [2.75, 3.05) is 11.9 Å². The number of hydrogen-bond acceptors (Lipinski definition) is 4. The van der Waals surface area contributed by atoms with Crippen LogP contribution >= 0.6 is 11.3 Å². The number of anilines is 1. The molecule has 1 N–H and O–H groups in total. The van der Waals surface area contributed by atoms with Gasteiger partial charge in [-0.2, -0.15) is 0 Å². The van der Waals surface area contributed by atoms with Crippen molar-refractivity contribution in [2.24, 2.45) is 0 Å². The zero-order valence-electron chi connectivity index (χ0n) is 14.0. The summed E-state index contributed by atoms with van der Waals surface area (Å²) in [5.74, 6) is -0.716. The van der Waals surface area contributed by atoms with Gasteiger partial charge in [-0.1, -0.05) is 12.1 Å². The van der Waals surface area contributed by atoms with Gasteiger partial charge in [0.1, 0.15) is 0 Å². The van der Waals surface area contributed by atoms with E-state index in [0.717, 1.165) is 41.6 Å². The van der Waals surface area contributed by atoms with Crippen molar-refractivity contribution in [3.63, 3.8) is 0 Å². The predicted octanol–water partition coefficient (Wildman–Crippen LogP) is 4.04. The molecule has 0 atom stereocenters. The van der Waals surface area contributed by atoms with Crippen molar-refractivity contribution in [2.45, 2.75) is 39.5 Å². The molecule has 126 valence electrons. The molecule has 0 saturated carbocycles. The number of carbonyl (C=O) groups excluding carboxylic acids is 2. The molecule has 1 heterocycles. The van der Waals surface area contributed by atoms with Crippen molar-refractivity contribution in [3.05, 3.63) is 50.7 Å². The molecule has 0 bridgehead atoms. The highest BCUT2D eigenvalue weighted by Gasteiger charge is 2.21. The van der Waals surface area contributed by atoms with E-state index in [1.807, 2.05) is 37.4 Å². The molecular weight excluding hydrogens is 322 g/mol. The summed E-state index contributed by atoms with van der Waals surface area (Å²) in [4.78, 5) is 25.6. The zero-order chi connectivity index (χ0) is 17.1. The Morgan fingerprint density at radius 2 is 2.00 bits per heavy atom. The number of aryl methyl sites for hydroxylation is 2. The maximum atomic E-state index is 12.3. The molecule has 0 aliphatic heterocycles. The monoisotopic (exact) mass is 343 g/mol. The van der Waals surface area contributed by atoms with E-state index in [9.17, 15) is 9.59 Å². The summed E-state index contributed by atoms with van der Waals surface area (Å²) in [6, 6.07) is 5.73. The minimum absolute atomic E-state index is 0.267. The first-order valence-electron chi connectivity index (χ1n) is 8.18. The molecule has 1 aromatic heterocycles. The fourth-order valence-corrected chi connectivity index (χ4v) is 4.06. The lowest BCUT2D eigenvalue weighted by atomic mass is 9.96. The highest BCUT2D eigenvalue weighted by Crippen LogP contribution is 2.30. The largest absolute Gasteiger partial charge is 0.452 e. The Hall–Kier alpha value is -2.14. The van der Waals surface area contributed by atoms with E-state index in [-0.39, 0.29) is 12.5 Å². The fraction of sp³-hybridized carbons (Fsp3) is 0.368. The molecule has 0 fully saturated rings. The van der Waals surface area contributed by atoms with Gasteiger partial charge in [-0.05, 0) is 62.3 Å². The van der Waals surface area contributed by atoms with Crippen LogP contribution in [0.1, 0.15) is 44.8 Å². The number of carbonyl (C=O) groups is 2. The first-order chi connectivity index (χ1) is 11.6. The summed E-state index contributed by atoms with van der Waals surface area (Å²) in [6.45, 7) is 3.68. The smallest absolute Gasteiger partial charge is 0.339 e. The van der Waals surface area contributed by atoms with E-state index in [0.29, 0.717) is 5.56 Å². The standard InChI is InChI=1S/C19H21NO3S/c1-12-6-5-8-16(13(12)2)20-18(21)10-23-19(22)15-11-24-17-9-4-3-7-14(15)17/h5-6,8,11H,3-4,7,9-10H2,1-2H3,(H,20,21). The second-order valence-corrected chi connectivity index (χ2v) is 7.09. The van der Waals surface area contributed by atoms with Gasteiger partial charge in [0.15, 0.2) is 6.61 Å². The van der Waals surface area contributed by atoms with Crippen molar-refractivity contribution in [1.82, 2.24) is 0 Å². The van der Waals surface area contributed by atoms with Crippen LogP contribution < -0.4 is 5.32 Å². The van der Waals surface area contributed by atoms with Gasteiger partial charge in [-0.3, -0.25) is 4.79 Å². The molecule has 24 heavy (non-hydrogen) atoms. The predicted molar refractivity (Wildman–Crippen MR) is 95.8 cm³/mol. The van der Waals surface area contributed by atoms with Gasteiger partial charge in [0, 0.05) is 15.9 Å². The van der Waals surface area contributed by atoms with Gasteiger partial charge in [0.25, 0.3) is 5.91 Å². The van der Waals surface area contributed by atoms with Crippen LogP contribution in [0, 0.1) is 13.8 Å². The first-order valence-corrected chi connectivity index (χ1v) is 9.06. The Kier molecular flexibility index (Phi) is 5.00. The van der Waals surface area contributed by atoms with Crippen molar-refractivity contribution in [1.29, 1.82) is 0 Å². The third-order valence-electron chi connectivity index (χ3n) is 4.49. The SMILES string of the molecule is Cc1cccc(NC(=O)COC(=O)c2csc3c2CCCC3)c1C. The molecule has 0 saturated heterocycles. The summed E-state index contributed by atoms with van der Waals surface area (Å²) in [5, 5.41) is 4.66. The number of benzene rings is 1. The van der Waals surface area contributed by atoms with Gasteiger partial charge in [-0.15, -0.1) is 11.3 Å². The average Bonchev–Trinajstić information content (AvgIpc) is 3.01. The third-order valence-corrected chi connectivity index (χ3v) is 5.58. The lowest BCUT2D eigenvalue weighted by molar-refractivity contribution is -0.119. The maximum absolute atomic E-state index is 12.3. The number of fused-ring (bicyclic) bond motifs is 1. The van der Waals surface area contributed by atoms with Gasteiger partial charge >= 0.3 is 5.97 Å². The average molecular weight is 343 g/mol. The third kappa shape index (κ3) is 3.51. The number of thiophene rings is 1. The number of rotatable bonds is 4. The summed E-state index contributed by atoms with van der Waals surface area (Å²) in [5.41, 5.74) is 4.63. The summed E-state index contributed by atoms with van der Waals surface area (Å²) < 4.78 is 5.21. The molecule has 0 spiro atoms. The molecule has 0 unspecified atom stereocenters. The number of nitrogens with one attached hydrogen (secondary N) is 1. The van der Waals surface area contributed by atoms with E-state index in [2.05, 4.69) is 5.32 Å². The van der Waals surface area contributed by atoms with Crippen LogP contribution in [0.2, 0.25) is 0 Å². The molecule has 1 aliphatic rings. The van der Waals surface area contributed by atoms with Crippen LogP contribution in [0.5, 0.6) is 0 Å². The maximum Gasteiger partial charge on any atom is 0.339 e. The van der Waals surface area contributed by atoms with Crippen LogP contribution in [0.15, 0.2) is 23.6 Å². The van der Waals surface area contributed by atoms with Gasteiger partial charge in [-0.25, -0.2) is 4.79 Å². The van der Waals surface area contributed by atoms with Crippen LogP contribution in [-0.4, -0.2) is 18.5 Å². The molecular formula is C19H21NO3S. The fourth-order valence-electron chi connectivity index (χ4n) is 2.95. The number of hydrogen-bond donors (Lipinski definition) is 1. The quantitative estimate of drug-likeness (QED) is 0.853. The van der Waals surface area contributed by atoms with Gasteiger partial charge < -0.3 is 10.1 Å². The molecule has 3 rings (SSSR count). The molecule has 1 aliphatic carbocycles. The number of amides is 1. The summed E-state index contributed by atoms with van der Waals surface area (Å²) >= 11 is 1.62. The van der Waals surface area contributed by atoms with E-state index in [1.54, 1.807) is 11.3 Å². The Balaban J connectivity index is 1.59. The normalized spacial score (nSPS) is 13.2. The van der Waals surface area contributed by atoms with Crippen molar-refractivity contribution in [3.8, 4) is 0 Å². The molecule has 1 aromatic carbocycles. The zero-order valence-corrected chi connectivity index (χ0v) is 14.8. The lowest BCUT2D eigenvalue weighted by Crippen LogP contribution is -2.22. The van der Waals surface area contributed by atoms with Crippen LogP contribution in [0.4, 0.5) is 5.69 Å². The highest BCUT2D eigenvalue weighted by atomic mass is 32.1. The topological polar surface area (TPSA) is 55.4 Å². The van der Waals surface area contributed by atoms with Crippen molar-refractivity contribution < 1.29 is 14.3 Å². The second kappa shape index (κ2) is 7.18. The lowest BCUT2D eigenvalue weighted by Gasteiger charge is -2.13. The second-order valence-electron chi connectivity index (χ2n) is 6.13.